The van der Waals surface area contributed by atoms with Crippen LogP contribution in [0.4, 0.5) is 11.4 Å². The molecular formula is C14H18N2O2S. The number of hydrogen-bond acceptors (Lipinski definition) is 4. The van der Waals surface area contributed by atoms with Gasteiger partial charge in [0.1, 0.15) is 0 Å². The smallest absolute Gasteiger partial charge is 0.296 e. The second-order valence-electron chi connectivity index (χ2n) is 4.64. The van der Waals surface area contributed by atoms with Gasteiger partial charge in [-0.15, -0.1) is 0 Å². The molecule has 1 amide bonds. The highest BCUT2D eigenvalue weighted by atomic mass is 32.2. The summed E-state index contributed by atoms with van der Waals surface area (Å²) in [4.78, 5) is 25.1. The van der Waals surface area contributed by atoms with Crippen LogP contribution in [0.2, 0.25) is 0 Å². The molecule has 0 saturated heterocycles. The third-order valence-electron chi connectivity index (χ3n) is 3.49. The average Bonchev–Trinajstić information content (AvgIpc) is 2.70. The van der Waals surface area contributed by atoms with E-state index in [1.807, 2.05) is 30.9 Å². The quantitative estimate of drug-likeness (QED) is 0.840. The minimum absolute atomic E-state index is 0.444. The van der Waals surface area contributed by atoms with Gasteiger partial charge in [-0.25, -0.2) is 0 Å². The Bertz CT molecular complexity index is 516. The Kier molecular flexibility index (Phi) is 4.14. The lowest BCUT2D eigenvalue weighted by Crippen LogP contribution is -2.33. The second-order valence-corrected chi connectivity index (χ2v) is 5.55. The minimum Gasteiger partial charge on any atom is -0.371 e. The van der Waals surface area contributed by atoms with E-state index in [4.69, 9.17) is 0 Å². The number of benzene rings is 1. The van der Waals surface area contributed by atoms with Crippen LogP contribution in [0.1, 0.15) is 23.7 Å². The largest absolute Gasteiger partial charge is 0.371 e. The number of thioether (sulfide) groups is 1. The van der Waals surface area contributed by atoms with Crippen LogP contribution in [0.15, 0.2) is 18.2 Å². The van der Waals surface area contributed by atoms with E-state index in [0.717, 1.165) is 17.9 Å². The van der Waals surface area contributed by atoms with Crippen molar-refractivity contribution in [3.63, 3.8) is 0 Å². The third-order valence-corrected chi connectivity index (χ3v) is 4.21. The van der Waals surface area contributed by atoms with Gasteiger partial charge in [-0.1, -0.05) is 6.92 Å². The maximum atomic E-state index is 11.5. The predicted molar refractivity (Wildman–Crippen MR) is 80.3 cm³/mol. The van der Waals surface area contributed by atoms with Crippen LogP contribution >= 0.6 is 11.8 Å². The van der Waals surface area contributed by atoms with E-state index < -0.39 is 11.7 Å². The first-order valence-corrected chi connectivity index (χ1v) is 7.69. The van der Waals surface area contributed by atoms with Gasteiger partial charge in [0.25, 0.3) is 11.7 Å². The van der Waals surface area contributed by atoms with Crippen LogP contribution < -0.4 is 10.2 Å². The molecule has 102 valence electrons. The Morgan fingerprint density at radius 2 is 2.11 bits per heavy atom. The predicted octanol–water partition coefficient (Wildman–Crippen LogP) is 2.40. The zero-order valence-corrected chi connectivity index (χ0v) is 12.2. The third kappa shape index (κ3) is 2.61. The fraction of sp³-hybridized carbons (Fsp3) is 0.429. The molecule has 4 nitrogen and oxygen atoms in total. The molecule has 0 bridgehead atoms. The average molecular weight is 278 g/mol. The standard InChI is InChI=1S/C14H18N2O2S/c1-4-9(8-19-3)16(2)10-5-6-11-12(7-10)15-14(18)13(11)17/h5-7,9H,4,8H2,1-3H3,(H,15,17,18). The Morgan fingerprint density at radius 1 is 1.37 bits per heavy atom. The Balaban J connectivity index is 2.26. The van der Waals surface area contributed by atoms with Crippen LogP contribution in [-0.4, -0.2) is 36.8 Å². The van der Waals surface area contributed by atoms with Crippen LogP contribution in [0.5, 0.6) is 0 Å². The summed E-state index contributed by atoms with van der Waals surface area (Å²) < 4.78 is 0. The van der Waals surface area contributed by atoms with Crippen molar-refractivity contribution < 1.29 is 9.59 Å². The van der Waals surface area contributed by atoms with Crippen molar-refractivity contribution in [1.82, 2.24) is 0 Å². The van der Waals surface area contributed by atoms with Crippen molar-refractivity contribution in [2.45, 2.75) is 19.4 Å². The van der Waals surface area contributed by atoms with Gasteiger partial charge < -0.3 is 10.2 Å². The number of fused-ring (bicyclic) bond motifs is 1. The summed E-state index contributed by atoms with van der Waals surface area (Å²) >= 11 is 1.82. The van der Waals surface area contributed by atoms with E-state index in [1.54, 1.807) is 6.07 Å². The molecule has 5 heteroatoms. The molecule has 1 unspecified atom stereocenters. The summed E-state index contributed by atoms with van der Waals surface area (Å²) in [6, 6.07) is 5.95. The number of Topliss-reactive ketones (excluding diaryl/α,β-unsaturated/α-hetero) is 1. The molecule has 0 radical (unpaired) electrons. The maximum absolute atomic E-state index is 11.5. The van der Waals surface area contributed by atoms with Gasteiger partial charge in [-0.3, -0.25) is 9.59 Å². The molecule has 1 aromatic carbocycles. The molecule has 1 aliphatic heterocycles. The van der Waals surface area contributed by atoms with Gasteiger partial charge in [0.15, 0.2) is 0 Å². The SMILES string of the molecule is CCC(CSC)N(C)c1ccc2c(c1)NC(=O)C2=O. The van der Waals surface area contributed by atoms with Crippen LogP contribution in [-0.2, 0) is 4.79 Å². The molecule has 1 heterocycles. The lowest BCUT2D eigenvalue weighted by molar-refractivity contribution is -0.112. The highest BCUT2D eigenvalue weighted by Crippen LogP contribution is 2.29. The van der Waals surface area contributed by atoms with Gasteiger partial charge in [0.05, 0.1) is 11.3 Å². The highest BCUT2D eigenvalue weighted by Gasteiger charge is 2.28. The summed E-state index contributed by atoms with van der Waals surface area (Å²) in [5.74, 6) is 0.0707. The number of carbonyl (C=O) groups is 2. The van der Waals surface area contributed by atoms with Crippen LogP contribution in [0, 0.1) is 0 Å². The second kappa shape index (κ2) is 5.65. The van der Waals surface area contributed by atoms with E-state index in [9.17, 15) is 9.59 Å². The number of hydrogen-bond donors (Lipinski definition) is 1. The lowest BCUT2D eigenvalue weighted by atomic mass is 10.1. The Morgan fingerprint density at radius 3 is 2.74 bits per heavy atom. The van der Waals surface area contributed by atoms with Crippen molar-refractivity contribution in [3.05, 3.63) is 23.8 Å². The van der Waals surface area contributed by atoms with Crippen LogP contribution in [0.25, 0.3) is 0 Å². The van der Waals surface area contributed by atoms with Gasteiger partial charge in [0.2, 0.25) is 0 Å². The number of anilines is 2. The molecular weight excluding hydrogens is 260 g/mol. The molecule has 0 spiro atoms. The highest BCUT2D eigenvalue weighted by molar-refractivity contribution is 7.98. The van der Waals surface area contributed by atoms with Crippen molar-refractivity contribution >= 4 is 34.8 Å². The topological polar surface area (TPSA) is 49.4 Å². The molecule has 0 aliphatic carbocycles. The van der Waals surface area contributed by atoms with Gasteiger partial charge in [-0.2, -0.15) is 11.8 Å². The van der Waals surface area contributed by atoms with Crippen molar-refractivity contribution in [1.29, 1.82) is 0 Å². The monoisotopic (exact) mass is 278 g/mol. The van der Waals surface area contributed by atoms with Crippen molar-refractivity contribution in [3.8, 4) is 0 Å². The van der Waals surface area contributed by atoms with Crippen molar-refractivity contribution in [2.24, 2.45) is 0 Å². The zero-order chi connectivity index (χ0) is 14.0. The Hall–Kier alpha value is -1.49. The fourth-order valence-electron chi connectivity index (χ4n) is 2.26. The van der Waals surface area contributed by atoms with E-state index in [1.165, 1.54) is 0 Å². The van der Waals surface area contributed by atoms with E-state index in [2.05, 4.69) is 23.4 Å². The maximum Gasteiger partial charge on any atom is 0.296 e. The molecule has 19 heavy (non-hydrogen) atoms. The van der Waals surface area contributed by atoms with Crippen molar-refractivity contribution in [2.75, 3.05) is 29.3 Å². The molecule has 2 rings (SSSR count). The molecule has 0 saturated carbocycles. The first kappa shape index (κ1) is 13.9. The summed E-state index contributed by atoms with van der Waals surface area (Å²) in [6.07, 6.45) is 3.15. The van der Waals surface area contributed by atoms with Crippen LogP contribution in [0.3, 0.4) is 0 Å². The molecule has 0 fully saturated rings. The molecule has 1 aliphatic rings. The Labute approximate surface area is 117 Å². The summed E-state index contributed by atoms with van der Waals surface area (Å²) in [6.45, 7) is 2.16. The number of amides is 1. The first-order chi connectivity index (χ1) is 9.08. The van der Waals surface area contributed by atoms with Gasteiger partial charge in [0, 0.05) is 24.5 Å². The summed E-state index contributed by atoms with van der Waals surface area (Å²) in [5.41, 5.74) is 2.12. The molecule has 1 atom stereocenters. The van der Waals surface area contributed by atoms with E-state index in [0.29, 0.717) is 17.3 Å². The lowest BCUT2D eigenvalue weighted by Gasteiger charge is -2.29. The fourth-order valence-corrected chi connectivity index (χ4v) is 3.11. The van der Waals surface area contributed by atoms with E-state index in [-0.39, 0.29) is 0 Å². The summed E-state index contributed by atoms with van der Waals surface area (Å²) in [5, 5.41) is 2.61. The van der Waals surface area contributed by atoms with Gasteiger partial charge >= 0.3 is 0 Å². The number of nitrogens with zero attached hydrogens (tertiary/aromatic N) is 1. The minimum atomic E-state index is -0.536. The summed E-state index contributed by atoms with van der Waals surface area (Å²) in [7, 11) is 2.05. The number of nitrogens with one attached hydrogen (secondary N) is 1. The van der Waals surface area contributed by atoms with Gasteiger partial charge in [-0.05, 0) is 30.9 Å². The number of ketones is 1. The number of rotatable bonds is 5. The first-order valence-electron chi connectivity index (χ1n) is 6.30. The number of carbonyl (C=O) groups excluding carboxylic acids is 2. The molecule has 1 N–H and O–H groups in total. The molecule has 0 aromatic heterocycles. The van der Waals surface area contributed by atoms with E-state index >= 15 is 0 Å². The zero-order valence-electron chi connectivity index (χ0n) is 11.4. The molecule has 1 aromatic rings. The normalized spacial score (nSPS) is 15.1.